The van der Waals surface area contributed by atoms with Crippen molar-refractivity contribution in [2.75, 3.05) is 5.75 Å². The average Bonchev–Trinajstić information content (AvgIpc) is 2.99. The van der Waals surface area contributed by atoms with E-state index in [9.17, 15) is 24.5 Å². The summed E-state index contributed by atoms with van der Waals surface area (Å²) >= 11 is 0.952. The summed E-state index contributed by atoms with van der Waals surface area (Å²) in [5.74, 6) is -2.24. The summed E-state index contributed by atoms with van der Waals surface area (Å²) in [5.41, 5.74) is 4.08. The van der Waals surface area contributed by atoms with Crippen LogP contribution in [0.2, 0.25) is 0 Å². The zero-order valence-corrected chi connectivity index (χ0v) is 14.7. The number of nitrogens with two attached hydrogens (primary N) is 1. The lowest BCUT2D eigenvalue weighted by molar-refractivity contribution is -0.387. The Labute approximate surface area is 153 Å². The van der Waals surface area contributed by atoms with Crippen LogP contribution in [-0.4, -0.2) is 39.1 Å². The molecule has 140 valence electrons. The summed E-state index contributed by atoms with van der Waals surface area (Å²) in [5, 5.41) is 23.0. The summed E-state index contributed by atoms with van der Waals surface area (Å²) in [6, 6.07) is 3.81. The Kier molecular flexibility index (Phi) is 6.19. The number of hydrogen-bond acceptors (Lipinski definition) is 6. The van der Waals surface area contributed by atoms with Crippen LogP contribution in [-0.2, 0) is 9.59 Å². The molecule has 26 heavy (non-hydrogen) atoms. The predicted octanol–water partition coefficient (Wildman–Crippen LogP) is 1.69. The molecule has 0 heterocycles. The maximum atomic E-state index is 12.2. The van der Waals surface area contributed by atoms with Crippen molar-refractivity contribution in [2.45, 2.75) is 42.5 Å². The number of aliphatic carboxylic acids is 1. The summed E-state index contributed by atoms with van der Waals surface area (Å²) < 4.78 is 0. The van der Waals surface area contributed by atoms with Crippen molar-refractivity contribution in [1.29, 1.82) is 0 Å². The van der Waals surface area contributed by atoms with Gasteiger partial charge in [-0.15, -0.1) is 11.8 Å². The van der Waals surface area contributed by atoms with Crippen molar-refractivity contribution in [3.05, 3.63) is 33.9 Å². The zero-order chi connectivity index (χ0) is 19.3. The first kappa shape index (κ1) is 19.7. The first-order valence-corrected chi connectivity index (χ1v) is 8.95. The van der Waals surface area contributed by atoms with E-state index in [-0.39, 0.29) is 34.2 Å². The molecule has 0 aromatic heterocycles. The van der Waals surface area contributed by atoms with Crippen LogP contribution in [0.4, 0.5) is 5.69 Å². The molecule has 0 atom stereocenters. The highest BCUT2D eigenvalue weighted by atomic mass is 32.2. The molecule has 0 saturated heterocycles. The van der Waals surface area contributed by atoms with Crippen molar-refractivity contribution in [2.24, 2.45) is 5.73 Å². The fourth-order valence-electron chi connectivity index (χ4n) is 3.10. The Morgan fingerprint density at radius 1 is 1.31 bits per heavy atom. The molecule has 1 aliphatic rings. The number of carboxylic acid groups (broad SMARTS) is 1. The van der Waals surface area contributed by atoms with Gasteiger partial charge in [-0.1, -0.05) is 12.8 Å². The van der Waals surface area contributed by atoms with Gasteiger partial charge in [0.1, 0.15) is 0 Å². The Morgan fingerprint density at radius 2 is 1.96 bits per heavy atom. The van der Waals surface area contributed by atoms with Crippen LogP contribution in [0.15, 0.2) is 23.1 Å². The molecular weight excluding hydrogens is 362 g/mol. The third-order valence-electron chi connectivity index (χ3n) is 4.25. The van der Waals surface area contributed by atoms with Crippen molar-refractivity contribution in [1.82, 2.24) is 5.32 Å². The lowest BCUT2D eigenvalue weighted by Crippen LogP contribution is -2.48. The minimum Gasteiger partial charge on any atom is -0.481 e. The number of benzene rings is 1. The molecular formula is C16H19N3O6S. The first-order chi connectivity index (χ1) is 12.2. The smallest absolute Gasteiger partial charge is 0.305 e. The second-order valence-electron chi connectivity index (χ2n) is 6.20. The quantitative estimate of drug-likeness (QED) is 0.352. The minimum atomic E-state index is -0.975. The number of nitrogens with zero attached hydrogens (tertiary/aromatic N) is 1. The molecule has 1 saturated carbocycles. The van der Waals surface area contributed by atoms with Crippen molar-refractivity contribution < 1.29 is 24.4 Å². The molecule has 1 fully saturated rings. The predicted molar refractivity (Wildman–Crippen MR) is 93.9 cm³/mol. The van der Waals surface area contributed by atoms with Crippen molar-refractivity contribution in [3.8, 4) is 0 Å². The summed E-state index contributed by atoms with van der Waals surface area (Å²) in [6.07, 6.45) is 2.75. The zero-order valence-electron chi connectivity index (χ0n) is 13.9. The molecule has 4 N–H and O–H groups in total. The number of hydrogen-bond donors (Lipinski definition) is 3. The fourth-order valence-corrected chi connectivity index (χ4v) is 3.90. The SMILES string of the molecule is NC(=O)c1ccc(SCC(=O)NC2(CC(=O)O)CCCC2)c([N+](=O)[O-])c1. The topological polar surface area (TPSA) is 153 Å². The molecule has 10 heteroatoms. The van der Waals surface area contributed by atoms with Crippen molar-refractivity contribution >= 4 is 35.2 Å². The molecule has 0 unspecified atom stereocenters. The fraction of sp³-hybridized carbons (Fsp3) is 0.438. The maximum Gasteiger partial charge on any atom is 0.305 e. The van der Waals surface area contributed by atoms with Gasteiger partial charge < -0.3 is 16.2 Å². The van der Waals surface area contributed by atoms with Gasteiger partial charge in [0.15, 0.2) is 0 Å². The molecule has 9 nitrogen and oxygen atoms in total. The van der Waals surface area contributed by atoms with Crippen LogP contribution < -0.4 is 11.1 Å². The van der Waals surface area contributed by atoms with Crippen LogP contribution in [0.3, 0.4) is 0 Å². The van der Waals surface area contributed by atoms with E-state index in [0.717, 1.165) is 30.7 Å². The van der Waals surface area contributed by atoms with Gasteiger partial charge in [-0.2, -0.15) is 0 Å². The highest BCUT2D eigenvalue weighted by molar-refractivity contribution is 8.00. The third-order valence-corrected chi connectivity index (χ3v) is 5.32. The van der Waals surface area contributed by atoms with Gasteiger partial charge in [-0.25, -0.2) is 0 Å². The molecule has 1 aliphatic carbocycles. The van der Waals surface area contributed by atoms with E-state index in [2.05, 4.69) is 5.32 Å². The Balaban J connectivity index is 2.06. The van der Waals surface area contributed by atoms with Gasteiger partial charge in [0, 0.05) is 11.6 Å². The van der Waals surface area contributed by atoms with Gasteiger partial charge in [-0.3, -0.25) is 24.5 Å². The standard InChI is InChI=1S/C16H19N3O6S/c17-15(23)10-3-4-12(11(7-10)19(24)25)26-9-13(20)18-16(8-14(21)22)5-1-2-6-16/h3-4,7H,1-2,5-6,8-9H2,(H2,17,23)(H,18,20)(H,21,22). The third kappa shape index (κ3) is 4.94. The maximum absolute atomic E-state index is 12.2. The molecule has 0 spiro atoms. The van der Waals surface area contributed by atoms with Crippen LogP contribution in [0, 0.1) is 10.1 Å². The second-order valence-corrected chi connectivity index (χ2v) is 7.22. The van der Waals surface area contributed by atoms with Gasteiger partial charge >= 0.3 is 5.97 Å². The van der Waals surface area contributed by atoms with E-state index < -0.39 is 22.3 Å². The Hall–Kier alpha value is -2.62. The molecule has 0 bridgehead atoms. The summed E-state index contributed by atoms with van der Waals surface area (Å²) in [4.78, 5) is 45.2. The number of thioether (sulfide) groups is 1. The van der Waals surface area contributed by atoms with E-state index >= 15 is 0 Å². The Bertz CT molecular complexity index is 746. The monoisotopic (exact) mass is 381 g/mol. The van der Waals surface area contributed by atoms with Gasteiger partial charge in [0.25, 0.3) is 5.69 Å². The average molecular weight is 381 g/mol. The molecule has 0 radical (unpaired) electrons. The number of rotatable bonds is 8. The Morgan fingerprint density at radius 3 is 2.50 bits per heavy atom. The van der Waals surface area contributed by atoms with Crippen LogP contribution in [0.5, 0.6) is 0 Å². The molecule has 1 aromatic rings. The van der Waals surface area contributed by atoms with E-state index in [1.54, 1.807) is 0 Å². The van der Waals surface area contributed by atoms with Gasteiger partial charge in [0.2, 0.25) is 11.8 Å². The van der Waals surface area contributed by atoms with E-state index in [1.807, 2.05) is 0 Å². The van der Waals surface area contributed by atoms with Crippen LogP contribution >= 0.6 is 11.8 Å². The van der Waals surface area contributed by atoms with Crippen LogP contribution in [0.1, 0.15) is 42.5 Å². The number of nitro benzene ring substituents is 1. The molecule has 2 rings (SSSR count). The number of nitro groups is 1. The van der Waals surface area contributed by atoms with Gasteiger partial charge in [-0.05, 0) is 25.0 Å². The lowest BCUT2D eigenvalue weighted by atomic mass is 9.93. The van der Waals surface area contributed by atoms with E-state index in [0.29, 0.717) is 12.8 Å². The number of amides is 2. The number of primary amides is 1. The number of nitrogens with one attached hydrogen (secondary N) is 1. The number of carboxylic acids is 1. The minimum absolute atomic E-state index is 0.0110. The first-order valence-electron chi connectivity index (χ1n) is 7.96. The van der Waals surface area contributed by atoms with Crippen LogP contribution in [0.25, 0.3) is 0 Å². The number of carbonyl (C=O) groups excluding carboxylic acids is 2. The molecule has 0 aliphatic heterocycles. The van der Waals surface area contributed by atoms with Crippen molar-refractivity contribution in [3.63, 3.8) is 0 Å². The molecule has 1 aromatic carbocycles. The highest BCUT2D eigenvalue weighted by Gasteiger charge is 2.37. The lowest BCUT2D eigenvalue weighted by Gasteiger charge is -2.28. The highest BCUT2D eigenvalue weighted by Crippen LogP contribution is 2.34. The summed E-state index contributed by atoms with van der Waals surface area (Å²) in [6.45, 7) is 0. The van der Waals surface area contributed by atoms with Gasteiger partial charge in [0.05, 0.1) is 27.5 Å². The van der Waals surface area contributed by atoms with E-state index in [4.69, 9.17) is 10.8 Å². The number of carbonyl (C=O) groups is 3. The second kappa shape index (κ2) is 8.17. The normalized spacial score (nSPS) is 15.4. The molecule has 2 amide bonds. The largest absolute Gasteiger partial charge is 0.481 e. The van der Waals surface area contributed by atoms with E-state index in [1.165, 1.54) is 12.1 Å². The summed E-state index contributed by atoms with van der Waals surface area (Å²) in [7, 11) is 0.